The van der Waals surface area contributed by atoms with Crippen molar-refractivity contribution in [2.45, 2.75) is 77.2 Å². The molecule has 0 bridgehead atoms. The zero-order chi connectivity index (χ0) is 14.6. The summed E-state index contributed by atoms with van der Waals surface area (Å²) in [5.74, 6) is -0.216. The molecule has 0 spiro atoms. The first-order valence-corrected chi connectivity index (χ1v) is 8.15. The highest BCUT2D eigenvalue weighted by molar-refractivity contribution is 5.16. The van der Waals surface area contributed by atoms with Gasteiger partial charge in [0.2, 0.25) is 0 Å². The second-order valence-corrected chi connectivity index (χ2v) is 5.75. The largest absolute Gasteiger partial charge is 0.393 e. The van der Waals surface area contributed by atoms with Gasteiger partial charge < -0.3 is 5.11 Å². The van der Waals surface area contributed by atoms with E-state index in [2.05, 4.69) is 6.92 Å². The first-order chi connectivity index (χ1) is 9.72. The third-order valence-electron chi connectivity index (χ3n) is 3.78. The monoisotopic (exact) mass is 280 g/mol. The van der Waals surface area contributed by atoms with Gasteiger partial charge in [0.25, 0.3) is 0 Å². The maximum atomic E-state index is 12.8. The molecule has 0 saturated heterocycles. The lowest BCUT2D eigenvalue weighted by Gasteiger charge is -2.10. The summed E-state index contributed by atoms with van der Waals surface area (Å²) in [6.07, 6.45) is 11.5. The normalized spacial score (nSPS) is 12.6. The van der Waals surface area contributed by atoms with E-state index in [4.69, 9.17) is 0 Å². The molecule has 2 heteroatoms. The molecule has 0 aliphatic carbocycles. The predicted molar refractivity (Wildman–Crippen MR) is 83.3 cm³/mol. The van der Waals surface area contributed by atoms with Gasteiger partial charge in [-0.15, -0.1) is 0 Å². The van der Waals surface area contributed by atoms with Crippen LogP contribution < -0.4 is 0 Å². The van der Waals surface area contributed by atoms with Crippen molar-refractivity contribution in [1.82, 2.24) is 0 Å². The van der Waals surface area contributed by atoms with Gasteiger partial charge in [-0.2, -0.15) is 0 Å². The summed E-state index contributed by atoms with van der Waals surface area (Å²) in [4.78, 5) is 0. The number of rotatable bonds is 11. The quantitative estimate of drug-likeness (QED) is 0.548. The Morgan fingerprint density at radius 3 is 2.05 bits per heavy atom. The lowest BCUT2D eigenvalue weighted by molar-refractivity contribution is 0.161. The molecular weight excluding hydrogens is 251 g/mol. The molecule has 1 atom stereocenters. The fourth-order valence-electron chi connectivity index (χ4n) is 2.51. The van der Waals surface area contributed by atoms with E-state index in [0.717, 1.165) is 18.4 Å². The molecule has 0 heterocycles. The highest BCUT2D eigenvalue weighted by Crippen LogP contribution is 2.13. The van der Waals surface area contributed by atoms with Crippen LogP contribution in [0.2, 0.25) is 0 Å². The van der Waals surface area contributed by atoms with E-state index < -0.39 is 0 Å². The van der Waals surface area contributed by atoms with E-state index in [1.165, 1.54) is 57.1 Å². The van der Waals surface area contributed by atoms with Crippen molar-refractivity contribution in [3.63, 3.8) is 0 Å². The van der Waals surface area contributed by atoms with Crippen molar-refractivity contribution in [2.75, 3.05) is 0 Å². The van der Waals surface area contributed by atoms with Crippen LogP contribution in [-0.2, 0) is 6.42 Å². The SMILES string of the molecule is CCCCCCCCCCC(O)Cc1ccc(F)cc1. The average Bonchev–Trinajstić information content (AvgIpc) is 2.44. The summed E-state index contributed by atoms with van der Waals surface area (Å²) in [5.41, 5.74) is 1.01. The Labute approximate surface area is 123 Å². The molecule has 0 fully saturated rings. The zero-order valence-electron chi connectivity index (χ0n) is 12.8. The Balaban J connectivity index is 2.00. The standard InChI is InChI=1S/C18H29FO/c1-2-3-4-5-6-7-8-9-10-18(20)15-16-11-13-17(19)14-12-16/h11-14,18,20H,2-10,15H2,1H3. The fourth-order valence-corrected chi connectivity index (χ4v) is 2.51. The van der Waals surface area contributed by atoms with Crippen LogP contribution in [0, 0.1) is 5.82 Å². The highest BCUT2D eigenvalue weighted by atomic mass is 19.1. The van der Waals surface area contributed by atoms with Crippen LogP contribution in [0.5, 0.6) is 0 Å². The molecule has 1 aromatic carbocycles. The molecule has 1 aromatic rings. The number of hydrogen-bond acceptors (Lipinski definition) is 1. The van der Waals surface area contributed by atoms with Crippen LogP contribution in [0.4, 0.5) is 4.39 Å². The Morgan fingerprint density at radius 2 is 1.45 bits per heavy atom. The topological polar surface area (TPSA) is 20.2 Å². The number of hydrogen-bond donors (Lipinski definition) is 1. The van der Waals surface area contributed by atoms with Crippen LogP contribution in [-0.4, -0.2) is 11.2 Å². The highest BCUT2D eigenvalue weighted by Gasteiger charge is 2.05. The molecule has 0 radical (unpaired) electrons. The molecule has 1 nitrogen and oxygen atoms in total. The fraction of sp³-hybridized carbons (Fsp3) is 0.667. The van der Waals surface area contributed by atoms with Crippen molar-refractivity contribution < 1.29 is 9.50 Å². The second-order valence-electron chi connectivity index (χ2n) is 5.75. The van der Waals surface area contributed by atoms with Crippen LogP contribution in [0.3, 0.4) is 0 Å². The number of unbranched alkanes of at least 4 members (excludes halogenated alkanes) is 7. The third-order valence-corrected chi connectivity index (χ3v) is 3.78. The van der Waals surface area contributed by atoms with E-state index >= 15 is 0 Å². The van der Waals surface area contributed by atoms with E-state index in [-0.39, 0.29) is 11.9 Å². The Morgan fingerprint density at radius 1 is 0.900 bits per heavy atom. The smallest absolute Gasteiger partial charge is 0.123 e. The van der Waals surface area contributed by atoms with Gasteiger partial charge >= 0.3 is 0 Å². The Hall–Kier alpha value is -0.890. The van der Waals surface area contributed by atoms with Crippen molar-refractivity contribution in [1.29, 1.82) is 0 Å². The van der Waals surface area contributed by atoms with Crippen molar-refractivity contribution in [3.05, 3.63) is 35.6 Å². The lowest BCUT2D eigenvalue weighted by Crippen LogP contribution is -2.10. The van der Waals surface area contributed by atoms with Crippen molar-refractivity contribution >= 4 is 0 Å². The average molecular weight is 280 g/mol. The molecule has 20 heavy (non-hydrogen) atoms. The molecule has 0 aromatic heterocycles. The van der Waals surface area contributed by atoms with Gasteiger partial charge in [-0.1, -0.05) is 70.4 Å². The maximum Gasteiger partial charge on any atom is 0.123 e. The molecule has 114 valence electrons. The molecule has 0 saturated carbocycles. The van der Waals surface area contributed by atoms with Gasteiger partial charge in [0, 0.05) is 0 Å². The summed E-state index contributed by atoms with van der Waals surface area (Å²) in [6.45, 7) is 2.24. The Kier molecular flexibility index (Phi) is 9.31. The molecule has 0 aliphatic heterocycles. The summed E-state index contributed by atoms with van der Waals surface area (Å²) < 4.78 is 12.8. The second kappa shape index (κ2) is 10.8. The van der Waals surface area contributed by atoms with E-state index in [9.17, 15) is 9.50 Å². The number of aliphatic hydroxyl groups excluding tert-OH is 1. The van der Waals surface area contributed by atoms with E-state index in [1.54, 1.807) is 12.1 Å². The van der Waals surface area contributed by atoms with E-state index in [1.807, 2.05) is 0 Å². The minimum Gasteiger partial charge on any atom is -0.393 e. The van der Waals surface area contributed by atoms with Crippen LogP contribution in [0.1, 0.15) is 70.3 Å². The van der Waals surface area contributed by atoms with E-state index in [0.29, 0.717) is 6.42 Å². The zero-order valence-corrected chi connectivity index (χ0v) is 12.8. The van der Waals surface area contributed by atoms with Gasteiger partial charge in [0.1, 0.15) is 5.82 Å². The van der Waals surface area contributed by atoms with Crippen molar-refractivity contribution in [2.24, 2.45) is 0 Å². The van der Waals surface area contributed by atoms with Gasteiger partial charge in [-0.05, 0) is 30.5 Å². The van der Waals surface area contributed by atoms with Crippen LogP contribution in [0.15, 0.2) is 24.3 Å². The van der Waals surface area contributed by atoms with Crippen LogP contribution >= 0.6 is 0 Å². The summed E-state index contributed by atoms with van der Waals surface area (Å²) in [5, 5.41) is 9.95. The van der Waals surface area contributed by atoms with Gasteiger partial charge in [0.05, 0.1) is 6.10 Å². The predicted octanol–water partition coefficient (Wildman–Crippen LogP) is 5.26. The molecule has 1 unspecified atom stereocenters. The molecule has 1 rings (SSSR count). The molecule has 0 amide bonds. The summed E-state index contributed by atoms with van der Waals surface area (Å²) in [6, 6.07) is 6.43. The summed E-state index contributed by atoms with van der Waals surface area (Å²) in [7, 11) is 0. The number of halogens is 1. The Bertz CT molecular complexity index is 334. The molecular formula is C18H29FO. The van der Waals surface area contributed by atoms with Crippen molar-refractivity contribution in [3.8, 4) is 0 Å². The van der Waals surface area contributed by atoms with Crippen LogP contribution in [0.25, 0.3) is 0 Å². The van der Waals surface area contributed by atoms with Gasteiger partial charge in [0.15, 0.2) is 0 Å². The maximum absolute atomic E-state index is 12.8. The molecule has 0 aliphatic rings. The summed E-state index contributed by atoms with van der Waals surface area (Å²) >= 11 is 0. The molecule has 1 N–H and O–H groups in total. The minimum absolute atomic E-state index is 0.216. The number of aliphatic hydroxyl groups is 1. The third kappa shape index (κ3) is 8.31. The first kappa shape index (κ1) is 17.2. The number of benzene rings is 1. The van der Waals surface area contributed by atoms with Gasteiger partial charge in [-0.3, -0.25) is 0 Å². The minimum atomic E-state index is -0.291. The first-order valence-electron chi connectivity index (χ1n) is 8.15. The lowest BCUT2D eigenvalue weighted by atomic mass is 10.0. The van der Waals surface area contributed by atoms with Gasteiger partial charge in [-0.25, -0.2) is 4.39 Å².